The molecule has 0 bridgehead atoms. The first-order chi connectivity index (χ1) is 12.4. The van der Waals surface area contributed by atoms with Gasteiger partial charge >= 0.3 is 0 Å². The number of halogens is 1. The molecule has 1 saturated heterocycles. The van der Waals surface area contributed by atoms with Gasteiger partial charge in [0, 0.05) is 28.9 Å². The number of sulfonamides is 1. The lowest BCUT2D eigenvalue weighted by molar-refractivity contribution is 0.102. The van der Waals surface area contributed by atoms with Crippen LogP contribution in [0.15, 0.2) is 53.4 Å². The lowest BCUT2D eigenvalue weighted by Gasteiger charge is -2.32. The number of benzene rings is 2. The molecule has 1 aliphatic heterocycles. The summed E-state index contributed by atoms with van der Waals surface area (Å²) in [6.07, 6.45) is 2.80. The molecule has 2 aromatic carbocycles. The summed E-state index contributed by atoms with van der Waals surface area (Å²) in [5.74, 6) is -0.317. The maximum absolute atomic E-state index is 12.8. The van der Waals surface area contributed by atoms with Crippen molar-refractivity contribution in [3.8, 4) is 0 Å². The maximum Gasteiger partial charge on any atom is 0.255 e. The van der Waals surface area contributed by atoms with E-state index in [2.05, 4.69) is 5.32 Å². The quantitative estimate of drug-likeness (QED) is 0.849. The molecule has 2 aromatic rings. The van der Waals surface area contributed by atoms with E-state index < -0.39 is 10.0 Å². The molecule has 0 unspecified atom stereocenters. The minimum Gasteiger partial charge on any atom is -0.322 e. The molecule has 1 N–H and O–H groups in total. The zero-order chi connectivity index (χ0) is 18.7. The van der Waals surface area contributed by atoms with Crippen LogP contribution in [0.3, 0.4) is 0 Å². The van der Waals surface area contributed by atoms with Crippen LogP contribution in [0.4, 0.5) is 5.69 Å². The number of piperidine rings is 1. The first-order valence-electron chi connectivity index (χ1n) is 8.57. The van der Waals surface area contributed by atoms with E-state index >= 15 is 0 Å². The molecule has 138 valence electrons. The second-order valence-corrected chi connectivity index (χ2v) is 8.78. The number of anilines is 1. The topological polar surface area (TPSA) is 66.5 Å². The molecule has 0 aromatic heterocycles. The van der Waals surface area contributed by atoms with Gasteiger partial charge in [-0.15, -0.1) is 0 Å². The second-order valence-electron chi connectivity index (χ2n) is 6.45. The van der Waals surface area contributed by atoms with Crippen LogP contribution in [0.5, 0.6) is 0 Å². The van der Waals surface area contributed by atoms with Gasteiger partial charge in [-0.2, -0.15) is 4.31 Å². The van der Waals surface area contributed by atoms with Crippen LogP contribution in [0.2, 0.25) is 5.02 Å². The van der Waals surface area contributed by atoms with E-state index in [4.69, 9.17) is 11.6 Å². The lowest BCUT2D eigenvalue weighted by atomic mass is 10.1. The number of hydrogen-bond acceptors (Lipinski definition) is 3. The average molecular weight is 393 g/mol. The first kappa shape index (κ1) is 18.9. The van der Waals surface area contributed by atoms with Gasteiger partial charge in [-0.05, 0) is 62.2 Å². The Morgan fingerprint density at radius 2 is 1.88 bits per heavy atom. The van der Waals surface area contributed by atoms with Gasteiger partial charge in [-0.3, -0.25) is 4.79 Å². The van der Waals surface area contributed by atoms with Crippen molar-refractivity contribution in [3.63, 3.8) is 0 Å². The molecule has 7 heteroatoms. The van der Waals surface area contributed by atoms with Gasteiger partial charge in [0.2, 0.25) is 10.0 Å². The minimum atomic E-state index is -3.53. The Hall–Kier alpha value is -1.89. The van der Waals surface area contributed by atoms with Crippen LogP contribution >= 0.6 is 11.6 Å². The fourth-order valence-corrected chi connectivity index (χ4v) is 5.00. The summed E-state index contributed by atoms with van der Waals surface area (Å²) >= 11 is 5.91. The predicted octanol–water partition coefficient (Wildman–Crippen LogP) is 4.16. The van der Waals surface area contributed by atoms with Crippen LogP contribution in [-0.4, -0.2) is 31.2 Å². The molecule has 26 heavy (non-hydrogen) atoms. The Kier molecular flexibility index (Phi) is 5.65. The van der Waals surface area contributed by atoms with Gasteiger partial charge in [0.05, 0.1) is 4.90 Å². The molecule has 0 saturated carbocycles. The maximum atomic E-state index is 12.8. The van der Waals surface area contributed by atoms with Crippen molar-refractivity contribution >= 4 is 33.2 Å². The van der Waals surface area contributed by atoms with E-state index in [9.17, 15) is 13.2 Å². The number of carbonyl (C=O) groups is 1. The smallest absolute Gasteiger partial charge is 0.255 e. The first-order valence-corrected chi connectivity index (χ1v) is 10.4. The van der Waals surface area contributed by atoms with Gasteiger partial charge in [0.1, 0.15) is 0 Å². The Balaban J connectivity index is 1.76. The fourth-order valence-electron chi connectivity index (χ4n) is 3.11. The van der Waals surface area contributed by atoms with Crippen LogP contribution in [0, 0.1) is 0 Å². The Labute approximate surface area is 159 Å². The van der Waals surface area contributed by atoms with Gasteiger partial charge < -0.3 is 5.32 Å². The summed E-state index contributed by atoms with van der Waals surface area (Å²) in [4.78, 5) is 12.5. The van der Waals surface area contributed by atoms with Gasteiger partial charge in [-0.25, -0.2) is 8.42 Å². The van der Waals surface area contributed by atoms with E-state index in [1.54, 1.807) is 28.6 Å². The highest BCUT2D eigenvalue weighted by atomic mass is 35.5. The summed E-state index contributed by atoms with van der Waals surface area (Å²) in [7, 11) is -3.53. The van der Waals surface area contributed by atoms with E-state index in [1.807, 2.05) is 6.92 Å². The molecule has 0 radical (unpaired) electrons. The van der Waals surface area contributed by atoms with E-state index in [1.165, 1.54) is 24.3 Å². The fraction of sp³-hybridized carbons (Fsp3) is 0.316. The van der Waals surface area contributed by atoms with E-state index in [0.717, 1.165) is 19.3 Å². The number of nitrogens with one attached hydrogen (secondary N) is 1. The summed E-state index contributed by atoms with van der Waals surface area (Å²) in [6.45, 7) is 2.48. The third-order valence-electron chi connectivity index (χ3n) is 4.55. The zero-order valence-electron chi connectivity index (χ0n) is 14.5. The lowest BCUT2D eigenvalue weighted by Crippen LogP contribution is -2.41. The SMILES string of the molecule is C[C@H]1CCCCN1S(=O)(=O)c1ccc(C(=O)Nc2cccc(Cl)c2)cc1. The highest BCUT2D eigenvalue weighted by Gasteiger charge is 2.30. The largest absolute Gasteiger partial charge is 0.322 e. The van der Waals surface area contributed by atoms with Crippen molar-refractivity contribution in [2.45, 2.75) is 37.1 Å². The van der Waals surface area contributed by atoms with Crippen LogP contribution in [0.25, 0.3) is 0 Å². The molecular formula is C19H21ClN2O3S. The second kappa shape index (κ2) is 7.78. The standard InChI is InChI=1S/C19H21ClN2O3S/c1-14-5-2-3-12-22(14)26(24,25)18-10-8-15(9-11-18)19(23)21-17-7-4-6-16(20)13-17/h4,6-11,13-14H,2-3,5,12H2,1H3,(H,21,23)/t14-/m0/s1. The monoisotopic (exact) mass is 392 g/mol. The Morgan fingerprint density at radius 1 is 1.15 bits per heavy atom. The molecule has 1 fully saturated rings. The molecule has 1 atom stereocenters. The molecular weight excluding hydrogens is 372 g/mol. The Morgan fingerprint density at radius 3 is 2.54 bits per heavy atom. The van der Waals surface area contributed by atoms with Crippen molar-refractivity contribution in [1.82, 2.24) is 4.31 Å². The molecule has 1 aliphatic rings. The molecule has 5 nitrogen and oxygen atoms in total. The van der Waals surface area contributed by atoms with E-state index in [-0.39, 0.29) is 16.8 Å². The molecule has 1 heterocycles. The van der Waals surface area contributed by atoms with Gasteiger partial charge in [-0.1, -0.05) is 24.1 Å². The molecule has 0 aliphatic carbocycles. The average Bonchev–Trinajstić information content (AvgIpc) is 2.62. The third-order valence-corrected chi connectivity index (χ3v) is 6.81. The summed E-state index contributed by atoms with van der Waals surface area (Å²) in [5.41, 5.74) is 0.969. The van der Waals surface area contributed by atoms with Crippen molar-refractivity contribution in [1.29, 1.82) is 0 Å². The van der Waals surface area contributed by atoms with Crippen LogP contribution < -0.4 is 5.32 Å². The van der Waals surface area contributed by atoms with Crippen molar-refractivity contribution < 1.29 is 13.2 Å². The van der Waals surface area contributed by atoms with Gasteiger partial charge in [0.15, 0.2) is 0 Å². The van der Waals surface area contributed by atoms with Crippen LogP contribution in [0.1, 0.15) is 36.5 Å². The summed E-state index contributed by atoms with van der Waals surface area (Å²) < 4.78 is 27.2. The number of carbonyl (C=O) groups excluding carboxylic acids is 1. The third kappa shape index (κ3) is 4.09. The van der Waals surface area contributed by atoms with Gasteiger partial charge in [0.25, 0.3) is 5.91 Å². The number of nitrogens with zero attached hydrogens (tertiary/aromatic N) is 1. The van der Waals surface area contributed by atoms with E-state index in [0.29, 0.717) is 22.8 Å². The van der Waals surface area contributed by atoms with Crippen molar-refractivity contribution in [2.75, 3.05) is 11.9 Å². The van der Waals surface area contributed by atoms with Crippen molar-refractivity contribution in [3.05, 3.63) is 59.1 Å². The molecule has 3 rings (SSSR count). The normalized spacial score (nSPS) is 18.5. The Bertz CT molecular complexity index is 897. The molecule has 0 spiro atoms. The highest BCUT2D eigenvalue weighted by Crippen LogP contribution is 2.25. The predicted molar refractivity (Wildman–Crippen MR) is 103 cm³/mol. The highest BCUT2D eigenvalue weighted by molar-refractivity contribution is 7.89. The number of rotatable bonds is 4. The van der Waals surface area contributed by atoms with Crippen molar-refractivity contribution in [2.24, 2.45) is 0 Å². The molecule has 1 amide bonds. The summed E-state index contributed by atoms with van der Waals surface area (Å²) in [6, 6.07) is 12.9. The number of amides is 1. The number of hydrogen-bond donors (Lipinski definition) is 1. The van der Waals surface area contributed by atoms with Crippen LogP contribution in [-0.2, 0) is 10.0 Å². The minimum absolute atomic E-state index is 0.000413. The summed E-state index contributed by atoms with van der Waals surface area (Å²) in [5, 5.41) is 3.27. The zero-order valence-corrected chi connectivity index (χ0v) is 16.1.